The van der Waals surface area contributed by atoms with Crippen LogP contribution in [0.4, 0.5) is 17.3 Å². The first-order valence-corrected chi connectivity index (χ1v) is 10.8. The molecule has 1 atom stereocenters. The van der Waals surface area contributed by atoms with Gasteiger partial charge in [-0.15, -0.1) is 0 Å². The van der Waals surface area contributed by atoms with Gasteiger partial charge in [-0.3, -0.25) is 4.98 Å². The van der Waals surface area contributed by atoms with Gasteiger partial charge >= 0.3 is 0 Å². The SMILES string of the molecule is NC1CCN(c2ncc(Nc3[c]cnc4ccc(-c5cc(Cl)c(O)c(Cl)c5)cc34)cn2)C1. The van der Waals surface area contributed by atoms with Crippen LogP contribution in [0.5, 0.6) is 5.75 Å². The Morgan fingerprint density at radius 3 is 2.50 bits per heavy atom. The highest BCUT2D eigenvalue weighted by molar-refractivity contribution is 6.37. The van der Waals surface area contributed by atoms with Crippen LogP contribution in [-0.4, -0.2) is 39.2 Å². The van der Waals surface area contributed by atoms with Gasteiger partial charge in [-0.05, 0) is 41.8 Å². The van der Waals surface area contributed by atoms with Crippen LogP contribution in [0.1, 0.15) is 6.42 Å². The maximum Gasteiger partial charge on any atom is 0.225 e. The molecular weight excluding hydrogens is 447 g/mol. The highest BCUT2D eigenvalue weighted by Gasteiger charge is 2.21. The highest BCUT2D eigenvalue weighted by atomic mass is 35.5. The molecule has 3 heterocycles. The minimum absolute atomic E-state index is 0.130. The maximum absolute atomic E-state index is 9.85. The van der Waals surface area contributed by atoms with E-state index in [-0.39, 0.29) is 21.8 Å². The summed E-state index contributed by atoms with van der Waals surface area (Å²) >= 11 is 12.2. The molecule has 5 rings (SSSR count). The van der Waals surface area contributed by atoms with Crippen molar-refractivity contribution in [3.8, 4) is 16.9 Å². The molecule has 0 spiro atoms. The molecular formula is C23H19Cl2N6O. The van der Waals surface area contributed by atoms with Crippen LogP contribution in [0.25, 0.3) is 22.0 Å². The van der Waals surface area contributed by atoms with Gasteiger partial charge in [-0.1, -0.05) is 29.3 Å². The van der Waals surface area contributed by atoms with Gasteiger partial charge in [0.1, 0.15) is 0 Å². The molecule has 9 heteroatoms. The summed E-state index contributed by atoms with van der Waals surface area (Å²) in [6.45, 7) is 1.63. The van der Waals surface area contributed by atoms with Crippen molar-refractivity contribution in [1.29, 1.82) is 0 Å². The third kappa shape index (κ3) is 4.02. The van der Waals surface area contributed by atoms with Crippen molar-refractivity contribution >= 4 is 51.4 Å². The number of fused-ring (bicyclic) bond motifs is 1. The zero-order chi connectivity index (χ0) is 22.2. The summed E-state index contributed by atoms with van der Waals surface area (Å²) in [4.78, 5) is 15.4. The first-order chi connectivity index (χ1) is 15.5. The normalized spacial score (nSPS) is 16.0. The number of nitrogens with two attached hydrogens (primary N) is 1. The summed E-state index contributed by atoms with van der Waals surface area (Å²) in [5.41, 5.74) is 9.92. The number of anilines is 3. The lowest BCUT2D eigenvalue weighted by Gasteiger charge is -2.16. The quantitative estimate of drug-likeness (QED) is 0.398. The summed E-state index contributed by atoms with van der Waals surface area (Å²) < 4.78 is 0. The molecule has 0 aliphatic carbocycles. The zero-order valence-electron chi connectivity index (χ0n) is 16.9. The summed E-state index contributed by atoms with van der Waals surface area (Å²) in [6, 6.07) is 12.5. The zero-order valence-corrected chi connectivity index (χ0v) is 18.4. The van der Waals surface area contributed by atoms with E-state index < -0.39 is 0 Å². The van der Waals surface area contributed by atoms with Gasteiger partial charge in [-0.2, -0.15) is 0 Å². The number of phenolic OH excluding ortho intramolecular Hbond substituents is 1. The molecule has 1 unspecified atom stereocenters. The fourth-order valence-corrected chi connectivity index (χ4v) is 4.26. The second-order valence-electron chi connectivity index (χ2n) is 7.69. The van der Waals surface area contributed by atoms with Crippen molar-refractivity contribution in [3.63, 3.8) is 0 Å². The number of aromatic hydroxyl groups is 1. The van der Waals surface area contributed by atoms with Crippen molar-refractivity contribution in [2.24, 2.45) is 5.73 Å². The molecule has 0 saturated carbocycles. The monoisotopic (exact) mass is 465 g/mol. The number of phenols is 1. The fourth-order valence-electron chi connectivity index (χ4n) is 3.77. The van der Waals surface area contributed by atoms with E-state index in [0.717, 1.165) is 52.9 Å². The smallest absolute Gasteiger partial charge is 0.225 e. The number of benzene rings is 2. The number of nitrogens with one attached hydrogen (secondary N) is 1. The average molecular weight is 466 g/mol. The third-order valence-electron chi connectivity index (χ3n) is 5.44. The van der Waals surface area contributed by atoms with Gasteiger partial charge in [0.25, 0.3) is 0 Å². The van der Waals surface area contributed by atoms with Crippen molar-refractivity contribution in [2.75, 3.05) is 23.3 Å². The van der Waals surface area contributed by atoms with E-state index in [0.29, 0.717) is 5.95 Å². The lowest BCUT2D eigenvalue weighted by Crippen LogP contribution is -2.27. The number of rotatable bonds is 4. The average Bonchev–Trinajstić information content (AvgIpc) is 3.24. The Kier molecular flexibility index (Phi) is 5.46. The number of aromatic nitrogens is 3. The van der Waals surface area contributed by atoms with E-state index in [2.05, 4.69) is 31.2 Å². The van der Waals surface area contributed by atoms with E-state index in [9.17, 15) is 5.11 Å². The highest BCUT2D eigenvalue weighted by Crippen LogP contribution is 2.37. The molecule has 4 N–H and O–H groups in total. The molecule has 1 aliphatic rings. The first-order valence-electron chi connectivity index (χ1n) is 10.1. The van der Waals surface area contributed by atoms with Crippen molar-refractivity contribution in [2.45, 2.75) is 12.5 Å². The first kappa shape index (κ1) is 20.8. The maximum atomic E-state index is 9.85. The Morgan fingerprint density at radius 2 is 1.81 bits per heavy atom. The second kappa shape index (κ2) is 8.43. The van der Waals surface area contributed by atoms with Crippen molar-refractivity contribution in [3.05, 3.63) is 65.0 Å². The molecule has 7 nitrogen and oxygen atoms in total. The van der Waals surface area contributed by atoms with Crippen LogP contribution >= 0.6 is 23.2 Å². The van der Waals surface area contributed by atoms with Crippen LogP contribution in [0.3, 0.4) is 0 Å². The Balaban J connectivity index is 1.46. The van der Waals surface area contributed by atoms with Crippen LogP contribution in [0.2, 0.25) is 10.0 Å². The van der Waals surface area contributed by atoms with Crippen LogP contribution in [-0.2, 0) is 0 Å². The lowest BCUT2D eigenvalue weighted by molar-refractivity contribution is 0.476. The van der Waals surface area contributed by atoms with Gasteiger partial charge < -0.3 is 21.1 Å². The molecule has 0 amide bonds. The Labute approximate surface area is 194 Å². The topological polar surface area (TPSA) is 100 Å². The minimum atomic E-state index is -0.130. The largest absolute Gasteiger partial charge is 0.505 e. The lowest BCUT2D eigenvalue weighted by atomic mass is 10.0. The summed E-state index contributed by atoms with van der Waals surface area (Å²) in [6.07, 6.45) is 6.06. The second-order valence-corrected chi connectivity index (χ2v) is 8.50. The molecule has 1 radical (unpaired) electrons. The fraction of sp³-hybridized carbons (Fsp3) is 0.174. The van der Waals surface area contributed by atoms with E-state index in [1.165, 1.54) is 0 Å². The Bertz CT molecular complexity index is 1270. The molecule has 0 bridgehead atoms. The van der Waals surface area contributed by atoms with Gasteiger partial charge in [-0.25, -0.2) is 9.97 Å². The van der Waals surface area contributed by atoms with Crippen molar-refractivity contribution in [1.82, 2.24) is 15.0 Å². The number of hydrogen-bond donors (Lipinski definition) is 3. The summed E-state index contributed by atoms with van der Waals surface area (Å²) in [5.74, 6) is 0.546. The van der Waals surface area contributed by atoms with E-state index in [1.807, 2.05) is 18.2 Å². The van der Waals surface area contributed by atoms with E-state index in [4.69, 9.17) is 28.9 Å². The molecule has 4 aromatic rings. The summed E-state index contributed by atoms with van der Waals surface area (Å²) in [5, 5.41) is 14.4. The minimum Gasteiger partial charge on any atom is -0.505 e. The molecule has 1 fully saturated rings. The molecule has 2 aromatic heterocycles. The standard InChI is InChI=1S/C23H19Cl2N6O/c24-18-8-14(9-19(25)22(18)32)13-1-2-20-17(7-13)21(3-5-27-20)30-16-10-28-23(29-11-16)31-6-4-15(26)12-31/h1-2,5,7-11,15,32H,4,6,12,26H2,(H,27,30). The van der Waals surface area contributed by atoms with Gasteiger partial charge in [0.05, 0.1) is 39.3 Å². The Hall–Kier alpha value is -3.13. The molecule has 1 aliphatic heterocycles. The molecule has 1 saturated heterocycles. The third-order valence-corrected chi connectivity index (χ3v) is 6.02. The predicted molar refractivity (Wildman–Crippen MR) is 128 cm³/mol. The summed E-state index contributed by atoms with van der Waals surface area (Å²) in [7, 11) is 0. The van der Waals surface area contributed by atoms with E-state index in [1.54, 1.807) is 30.7 Å². The molecule has 32 heavy (non-hydrogen) atoms. The number of pyridine rings is 1. The van der Waals surface area contributed by atoms with Crippen LogP contribution in [0, 0.1) is 6.07 Å². The van der Waals surface area contributed by atoms with Gasteiger partial charge in [0.15, 0.2) is 5.75 Å². The molecule has 161 valence electrons. The van der Waals surface area contributed by atoms with Crippen LogP contribution in [0.15, 0.2) is 48.9 Å². The van der Waals surface area contributed by atoms with E-state index >= 15 is 0 Å². The van der Waals surface area contributed by atoms with Crippen LogP contribution < -0.4 is 16.0 Å². The van der Waals surface area contributed by atoms with Gasteiger partial charge in [0, 0.05) is 36.8 Å². The Morgan fingerprint density at radius 1 is 1.06 bits per heavy atom. The number of halogens is 2. The van der Waals surface area contributed by atoms with Gasteiger partial charge in [0.2, 0.25) is 5.95 Å². The number of hydrogen-bond acceptors (Lipinski definition) is 7. The molecule has 2 aromatic carbocycles. The predicted octanol–water partition coefficient (Wildman–Crippen LogP) is 4.79. The van der Waals surface area contributed by atoms with Crippen molar-refractivity contribution < 1.29 is 5.11 Å². The number of nitrogens with zero attached hydrogens (tertiary/aromatic N) is 4.